The van der Waals surface area contributed by atoms with Crippen LogP contribution in [0.3, 0.4) is 0 Å². The van der Waals surface area contributed by atoms with E-state index >= 15 is 0 Å². The van der Waals surface area contributed by atoms with Crippen LogP contribution < -0.4 is 4.90 Å². The summed E-state index contributed by atoms with van der Waals surface area (Å²) in [5.41, 5.74) is 6.25. The van der Waals surface area contributed by atoms with Gasteiger partial charge in [-0.2, -0.15) is 5.10 Å². The molecular formula is C24H30N4O. The summed E-state index contributed by atoms with van der Waals surface area (Å²) in [7, 11) is 4.05. The van der Waals surface area contributed by atoms with Gasteiger partial charge >= 0.3 is 0 Å². The smallest absolute Gasteiger partial charge is 0.227 e. The Bertz CT molecular complexity index is 959. The molecule has 0 bridgehead atoms. The Balaban J connectivity index is 1.75. The lowest BCUT2D eigenvalue weighted by molar-refractivity contribution is -0.130. The molecule has 1 amide bonds. The van der Waals surface area contributed by atoms with Gasteiger partial charge in [0.15, 0.2) is 0 Å². The molecule has 0 saturated heterocycles. The number of hydrogen-bond donors (Lipinski definition) is 0. The van der Waals surface area contributed by atoms with E-state index in [0.29, 0.717) is 19.5 Å². The molecule has 29 heavy (non-hydrogen) atoms. The van der Waals surface area contributed by atoms with Crippen molar-refractivity contribution in [3.05, 3.63) is 77.1 Å². The lowest BCUT2D eigenvalue weighted by atomic mass is 10.1. The molecule has 1 aromatic heterocycles. The predicted octanol–water partition coefficient (Wildman–Crippen LogP) is 4.15. The van der Waals surface area contributed by atoms with E-state index in [1.807, 2.05) is 74.8 Å². The van der Waals surface area contributed by atoms with Gasteiger partial charge in [0, 0.05) is 44.1 Å². The van der Waals surface area contributed by atoms with Crippen LogP contribution >= 0.6 is 0 Å². The van der Waals surface area contributed by atoms with Gasteiger partial charge < -0.3 is 9.80 Å². The van der Waals surface area contributed by atoms with Crippen molar-refractivity contribution in [2.75, 3.05) is 25.5 Å². The van der Waals surface area contributed by atoms with E-state index in [1.165, 1.54) is 0 Å². The van der Waals surface area contributed by atoms with Crippen LogP contribution in [0.1, 0.15) is 29.4 Å². The van der Waals surface area contributed by atoms with Crippen molar-refractivity contribution in [3.8, 4) is 5.69 Å². The van der Waals surface area contributed by atoms with Crippen LogP contribution in [0.15, 0.2) is 54.6 Å². The summed E-state index contributed by atoms with van der Waals surface area (Å²) >= 11 is 0. The summed E-state index contributed by atoms with van der Waals surface area (Å²) < 4.78 is 1.92. The van der Waals surface area contributed by atoms with Gasteiger partial charge in [-0.05, 0) is 50.6 Å². The Morgan fingerprint density at radius 2 is 1.66 bits per heavy atom. The van der Waals surface area contributed by atoms with Crippen molar-refractivity contribution < 1.29 is 4.79 Å². The van der Waals surface area contributed by atoms with Crippen LogP contribution in [0.5, 0.6) is 0 Å². The van der Waals surface area contributed by atoms with Gasteiger partial charge in [-0.1, -0.05) is 30.3 Å². The molecule has 0 aliphatic rings. The third-order valence-corrected chi connectivity index (χ3v) is 5.33. The topological polar surface area (TPSA) is 41.4 Å². The molecule has 5 nitrogen and oxygen atoms in total. The normalized spacial score (nSPS) is 10.8. The number of anilines is 1. The van der Waals surface area contributed by atoms with Crippen LogP contribution in [-0.2, 0) is 17.8 Å². The quantitative estimate of drug-likeness (QED) is 0.609. The highest BCUT2D eigenvalue weighted by Crippen LogP contribution is 2.20. The maximum atomic E-state index is 13.1. The molecule has 152 valence electrons. The number of aryl methyl sites for hydroxylation is 1. The molecule has 3 aromatic rings. The van der Waals surface area contributed by atoms with E-state index in [-0.39, 0.29) is 5.91 Å². The summed E-state index contributed by atoms with van der Waals surface area (Å²) in [4.78, 5) is 17.0. The highest BCUT2D eigenvalue weighted by molar-refractivity contribution is 5.79. The first-order valence-electron chi connectivity index (χ1n) is 10.0. The number of likely N-dealkylation sites (N-methyl/N-ethyl adjacent to an activating group) is 1. The van der Waals surface area contributed by atoms with Crippen molar-refractivity contribution in [1.82, 2.24) is 14.7 Å². The summed E-state index contributed by atoms with van der Waals surface area (Å²) in [6, 6.07) is 18.4. The van der Waals surface area contributed by atoms with Gasteiger partial charge in [0.05, 0.1) is 17.8 Å². The molecule has 3 rings (SSSR count). The Morgan fingerprint density at radius 3 is 2.24 bits per heavy atom. The van der Waals surface area contributed by atoms with Gasteiger partial charge in [0.1, 0.15) is 0 Å². The van der Waals surface area contributed by atoms with E-state index in [2.05, 4.69) is 34.3 Å². The number of amides is 1. The lowest BCUT2D eigenvalue weighted by Gasteiger charge is -2.22. The standard InChI is InChI=1S/C24H30N4O/c1-6-27(17-20-12-14-21(15-13-20)26(4)5)24(29)16-23-18(2)25-28(19(23)3)22-10-8-7-9-11-22/h7-15H,6,16-17H2,1-5H3. The highest BCUT2D eigenvalue weighted by Gasteiger charge is 2.19. The van der Waals surface area contributed by atoms with E-state index in [9.17, 15) is 4.79 Å². The first-order valence-corrected chi connectivity index (χ1v) is 10.0. The van der Waals surface area contributed by atoms with Crippen molar-refractivity contribution >= 4 is 11.6 Å². The summed E-state index contributed by atoms with van der Waals surface area (Å²) in [6.45, 7) is 7.34. The molecule has 1 heterocycles. The third-order valence-electron chi connectivity index (χ3n) is 5.33. The zero-order valence-electron chi connectivity index (χ0n) is 18.0. The average Bonchev–Trinajstić information content (AvgIpc) is 3.01. The monoisotopic (exact) mass is 390 g/mol. The number of rotatable bonds is 7. The van der Waals surface area contributed by atoms with Gasteiger partial charge in [-0.15, -0.1) is 0 Å². The van der Waals surface area contributed by atoms with Crippen molar-refractivity contribution in [2.45, 2.75) is 33.7 Å². The highest BCUT2D eigenvalue weighted by atomic mass is 16.2. The molecular weight excluding hydrogens is 360 g/mol. The first-order chi connectivity index (χ1) is 13.9. The lowest BCUT2D eigenvalue weighted by Crippen LogP contribution is -2.31. The summed E-state index contributed by atoms with van der Waals surface area (Å²) in [5.74, 6) is 0.128. The molecule has 5 heteroatoms. The number of hydrogen-bond acceptors (Lipinski definition) is 3. The molecule has 0 N–H and O–H groups in total. The minimum absolute atomic E-state index is 0.128. The number of nitrogens with zero attached hydrogens (tertiary/aromatic N) is 4. The first kappa shape index (κ1) is 20.6. The molecule has 0 radical (unpaired) electrons. The fraction of sp³-hybridized carbons (Fsp3) is 0.333. The average molecular weight is 391 g/mol. The van der Waals surface area contributed by atoms with Crippen molar-refractivity contribution in [3.63, 3.8) is 0 Å². The van der Waals surface area contributed by atoms with Crippen molar-refractivity contribution in [1.29, 1.82) is 0 Å². The molecule has 0 saturated carbocycles. The molecule has 2 aromatic carbocycles. The van der Waals surface area contributed by atoms with Gasteiger partial charge in [-0.25, -0.2) is 4.68 Å². The maximum Gasteiger partial charge on any atom is 0.227 e. The molecule has 0 atom stereocenters. The number of carbonyl (C=O) groups is 1. The number of carbonyl (C=O) groups excluding carboxylic acids is 1. The minimum atomic E-state index is 0.128. The second-order valence-electron chi connectivity index (χ2n) is 7.54. The van der Waals surface area contributed by atoms with Crippen LogP contribution in [0.2, 0.25) is 0 Å². The van der Waals surface area contributed by atoms with Crippen molar-refractivity contribution in [2.24, 2.45) is 0 Å². The zero-order chi connectivity index (χ0) is 21.0. The molecule has 0 aliphatic carbocycles. The van der Waals surface area contributed by atoms with Gasteiger partial charge in [0.2, 0.25) is 5.91 Å². The van der Waals surface area contributed by atoms with E-state index < -0.39 is 0 Å². The number of aromatic nitrogens is 2. The van der Waals surface area contributed by atoms with Gasteiger partial charge in [0.25, 0.3) is 0 Å². The summed E-state index contributed by atoms with van der Waals surface area (Å²) in [5, 5.41) is 4.67. The predicted molar refractivity (Wildman–Crippen MR) is 119 cm³/mol. The maximum absolute atomic E-state index is 13.1. The summed E-state index contributed by atoms with van der Waals surface area (Å²) in [6.07, 6.45) is 0.369. The fourth-order valence-electron chi connectivity index (χ4n) is 3.51. The fourth-order valence-corrected chi connectivity index (χ4v) is 3.51. The molecule has 0 spiro atoms. The molecule has 0 unspecified atom stereocenters. The Labute approximate surface area is 173 Å². The van der Waals surface area contributed by atoms with Crippen LogP contribution in [0.4, 0.5) is 5.69 Å². The van der Waals surface area contributed by atoms with Gasteiger partial charge in [-0.3, -0.25) is 4.79 Å². The Hall–Kier alpha value is -3.08. The van der Waals surface area contributed by atoms with E-state index in [4.69, 9.17) is 0 Å². The van der Waals surface area contributed by atoms with E-state index in [1.54, 1.807) is 0 Å². The second-order valence-corrected chi connectivity index (χ2v) is 7.54. The van der Waals surface area contributed by atoms with Crippen LogP contribution in [-0.4, -0.2) is 41.2 Å². The van der Waals surface area contributed by atoms with Crippen LogP contribution in [0.25, 0.3) is 5.69 Å². The Morgan fingerprint density at radius 1 is 1.00 bits per heavy atom. The molecule has 0 fully saturated rings. The largest absolute Gasteiger partial charge is 0.378 e. The molecule has 0 aliphatic heterocycles. The van der Waals surface area contributed by atoms with Crippen LogP contribution in [0, 0.1) is 13.8 Å². The Kier molecular flexibility index (Phi) is 6.37. The third kappa shape index (κ3) is 4.67. The SMILES string of the molecule is CCN(Cc1ccc(N(C)C)cc1)C(=O)Cc1c(C)nn(-c2ccccc2)c1C. The number of benzene rings is 2. The zero-order valence-corrected chi connectivity index (χ0v) is 18.0. The number of para-hydroxylation sites is 1. The second kappa shape index (κ2) is 8.95. The van der Waals surface area contributed by atoms with E-state index in [0.717, 1.165) is 33.9 Å². The minimum Gasteiger partial charge on any atom is -0.378 e.